The predicted molar refractivity (Wildman–Crippen MR) is 58.3 cm³/mol. The second-order valence-corrected chi connectivity index (χ2v) is 3.93. The van der Waals surface area contributed by atoms with E-state index in [2.05, 4.69) is 35.5 Å². The summed E-state index contributed by atoms with van der Waals surface area (Å²) in [7, 11) is 2.20. The molecule has 1 atom stereocenters. The van der Waals surface area contributed by atoms with Crippen molar-refractivity contribution in [1.82, 2.24) is 10.2 Å². The van der Waals surface area contributed by atoms with Crippen molar-refractivity contribution >= 4 is 0 Å². The van der Waals surface area contributed by atoms with Gasteiger partial charge in [-0.1, -0.05) is 24.3 Å². The van der Waals surface area contributed by atoms with Gasteiger partial charge in [-0.2, -0.15) is 0 Å². The van der Waals surface area contributed by atoms with Crippen LogP contribution in [0.3, 0.4) is 0 Å². The van der Waals surface area contributed by atoms with Gasteiger partial charge in [0.2, 0.25) is 0 Å². The zero-order chi connectivity index (χ0) is 9.80. The number of rotatable bonds is 2. The Bertz CT molecular complexity index is 271. The molecule has 2 heteroatoms. The van der Waals surface area contributed by atoms with E-state index >= 15 is 0 Å². The van der Waals surface area contributed by atoms with Crippen molar-refractivity contribution in [2.45, 2.75) is 12.5 Å². The molecule has 1 fully saturated rings. The maximum atomic E-state index is 3.43. The topological polar surface area (TPSA) is 15.3 Å². The molecule has 0 amide bonds. The van der Waals surface area contributed by atoms with E-state index in [1.165, 1.54) is 5.56 Å². The van der Waals surface area contributed by atoms with E-state index in [0.29, 0.717) is 6.04 Å². The highest BCUT2D eigenvalue weighted by atomic mass is 15.2. The summed E-state index contributed by atoms with van der Waals surface area (Å²) < 4.78 is 0. The van der Waals surface area contributed by atoms with Crippen molar-refractivity contribution in [3.8, 4) is 0 Å². The molecule has 0 aromatic heterocycles. The van der Waals surface area contributed by atoms with Crippen LogP contribution in [0.15, 0.2) is 24.3 Å². The van der Waals surface area contributed by atoms with Gasteiger partial charge in [0.15, 0.2) is 0 Å². The number of hydrogen-bond acceptors (Lipinski definition) is 2. The van der Waals surface area contributed by atoms with Crippen molar-refractivity contribution in [3.63, 3.8) is 0 Å². The highest BCUT2D eigenvalue weighted by Crippen LogP contribution is 2.08. The van der Waals surface area contributed by atoms with Gasteiger partial charge in [0.05, 0.1) is 0 Å². The Balaban J connectivity index is 1.96. The third kappa shape index (κ3) is 2.34. The number of hydrogen-bond donors (Lipinski definition) is 1. The molecular formula is C12H17N2. The van der Waals surface area contributed by atoms with Crippen LogP contribution in [0.4, 0.5) is 0 Å². The zero-order valence-electron chi connectivity index (χ0n) is 8.66. The molecule has 2 nitrogen and oxygen atoms in total. The first-order valence-electron chi connectivity index (χ1n) is 5.23. The highest BCUT2D eigenvalue weighted by molar-refractivity contribution is 5.14. The van der Waals surface area contributed by atoms with E-state index < -0.39 is 0 Å². The SMILES string of the molecule is CN1CCNCC1Cc1[c]cccc1. The quantitative estimate of drug-likeness (QED) is 0.744. The van der Waals surface area contributed by atoms with Crippen LogP contribution in [0.25, 0.3) is 0 Å². The number of nitrogens with zero attached hydrogens (tertiary/aromatic N) is 1. The minimum absolute atomic E-state index is 0.627. The van der Waals surface area contributed by atoms with Crippen LogP contribution >= 0.6 is 0 Å². The van der Waals surface area contributed by atoms with Crippen LogP contribution in [0, 0.1) is 6.07 Å². The Morgan fingerprint density at radius 2 is 2.50 bits per heavy atom. The second-order valence-electron chi connectivity index (χ2n) is 3.93. The second kappa shape index (κ2) is 4.58. The first kappa shape index (κ1) is 9.69. The summed E-state index contributed by atoms with van der Waals surface area (Å²) in [6.07, 6.45) is 1.10. The highest BCUT2D eigenvalue weighted by Gasteiger charge is 2.18. The van der Waals surface area contributed by atoms with Crippen LogP contribution in [-0.4, -0.2) is 37.6 Å². The Morgan fingerprint density at radius 3 is 3.21 bits per heavy atom. The fourth-order valence-electron chi connectivity index (χ4n) is 1.90. The standard InChI is InChI=1S/C12H17N2/c1-14-8-7-13-10-12(14)9-11-5-3-2-4-6-11/h2-5,12-13H,7-10H2,1H3. The average molecular weight is 189 g/mol. The van der Waals surface area contributed by atoms with E-state index in [4.69, 9.17) is 0 Å². The molecule has 0 saturated carbocycles. The van der Waals surface area contributed by atoms with Crippen LogP contribution in [0.5, 0.6) is 0 Å². The third-order valence-corrected chi connectivity index (χ3v) is 2.87. The lowest BCUT2D eigenvalue weighted by molar-refractivity contribution is 0.199. The summed E-state index contributed by atoms with van der Waals surface area (Å²) in [5, 5.41) is 3.43. The molecule has 1 radical (unpaired) electrons. The lowest BCUT2D eigenvalue weighted by Gasteiger charge is -2.33. The Morgan fingerprint density at radius 1 is 1.57 bits per heavy atom. The largest absolute Gasteiger partial charge is 0.314 e. The van der Waals surface area contributed by atoms with Gasteiger partial charge >= 0.3 is 0 Å². The van der Waals surface area contributed by atoms with Crippen LogP contribution in [-0.2, 0) is 6.42 Å². The molecule has 1 aliphatic heterocycles. The zero-order valence-corrected chi connectivity index (χ0v) is 8.66. The summed E-state index contributed by atoms with van der Waals surface area (Å²) in [6.45, 7) is 3.36. The van der Waals surface area contributed by atoms with E-state index in [1.807, 2.05) is 12.1 Å². The van der Waals surface area contributed by atoms with Crippen LogP contribution in [0.1, 0.15) is 5.56 Å². The normalized spacial score (nSPS) is 23.6. The Hall–Kier alpha value is -0.860. The summed E-state index contributed by atoms with van der Waals surface area (Å²) in [6, 6.07) is 12.2. The molecule has 1 aromatic rings. The smallest absolute Gasteiger partial charge is 0.0258 e. The molecule has 1 aromatic carbocycles. The minimum atomic E-state index is 0.627. The summed E-state index contributed by atoms with van der Waals surface area (Å²) in [5.41, 5.74) is 1.31. The maximum absolute atomic E-state index is 3.43. The maximum Gasteiger partial charge on any atom is 0.0258 e. The van der Waals surface area contributed by atoms with E-state index in [0.717, 1.165) is 26.1 Å². The Kier molecular flexibility index (Phi) is 3.17. The van der Waals surface area contributed by atoms with Crippen LogP contribution in [0.2, 0.25) is 0 Å². The number of benzene rings is 1. The number of likely N-dealkylation sites (N-methyl/N-ethyl adjacent to an activating group) is 1. The molecule has 0 aliphatic carbocycles. The van der Waals surface area contributed by atoms with Crippen molar-refractivity contribution in [2.24, 2.45) is 0 Å². The molecule has 0 bridgehead atoms. The van der Waals surface area contributed by atoms with Gasteiger partial charge in [0.25, 0.3) is 0 Å². The van der Waals surface area contributed by atoms with Gasteiger partial charge in [-0.15, -0.1) is 0 Å². The van der Waals surface area contributed by atoms with E-state index in [-0.39, 0.29) is 0 Å². The summed E-state index contributed by atoms with van der Waals surface area (Å²) >= 11 is 0. The molecule has 75 valence electrons. The van der Waals surface area contributed by atoms with Crippen molar-refractivity contribution in [1.29, 1.82) is 0 Å². The monoisotopic (exact) mass is 189 g/mol. The number of piperazine rings is 1. The van der Waals surface area contributed by atoms with Gasteiger partial charge in [0.1, 0.15) is 0 Å². The average Bonchev–Trinajstić information content (AvgIpc) is 2.23. The minimum Gasteiger partial charge on any atom is -0.314 e. The lowest BCUT2D eigenvalue weighted by Crippen LogP contribution is -2.50. The first-order chi connectivity index (χ1) is 6.86. The first-order valence-corrected chi connectivity index (χ1v) is 5.23. The molecule has 1 N–H and O–H groups in total. The summed E-state index contributed by atoms with van der Waals surface area (Å²) in [5.74, 6) is 0. The van der Waals surface area contributed by atoms with Crippen molar-refractivity contribution in [2.75, 3.05) is 26.7 Å². The van der Waals surface area contributed by atoms with Crippen molar-refractivity contribution < 1.29 is 0 Å². The number of nitrogens with one attached hydrogen (secondary N) is 1. The molecule has 1 aliphatic rings. The molecule has 1 saturated heterocycles. The third-order valence-electron chi connectivity index (χ3n) is 2.87. The van der Waals surface area contributed by atoms with Gasteiger partial charge in [-0.25, -0.2) is 0 Å². The molecule has 14 heavy (non-hydrogen) atoms. The summed E-state index contributed by atoms with van der Waals surface area (Å²) in [4.78, 5) is 2.43. The fourth-order valence-corrected chi connectivity index (χ4v) is 1.90. The van der Waals surface area contributed by atoms with Gasteiger partial charge in [0, 0.05) is 25.7 Å². The molecule has 2 rings (SSSR count). The van der Waals surface area contributed by atoms with Gasteiger partial charge in [-0.3, -0.25) is 0 Å². The van der Waals surface area contributed by atoms with Crippen LogP contribution < -0.4 is 5.32 Å². The predicted octanol–water partition coefficient (Wildman–Crippen LogP) is 0.933. The fraction of sp³-hybridized carbons (Fsp3) is 0.500. The van der Waals surface area contributed by atoms with E-state index in [1.54, 1.807) is 0 Å². The van der Waals surface area contributed by atoms with E-state index in [9.17, 15) is 0 Å². The Labute approximate surface area is 85.9 Å². The lowest BCUT2D eigenvalue weighted by atomic mass is 10.0. The van der Waals surface area contributed by atoms with Gasteiger partial charge < -0.3 is 10.2 Å². The molecular weight excluding hydrogens is 172 g/mol. The molecule has 1 unspecified atom stereocenters. The van der Waals surface area contributed by atoms with Gasteiger partial charge in [-0.05, 0) is 25.1 Å². The molecule has 0 spiro atoms. The molecule has 1 heterocycles. The van der Waals surface area contributed by atoms with Crippen molar-refractivity contribution in [3.05, 3.63) is 35.9 Å².